The molecule has 1 aliphatic carbocycles. The van der Waals surface area contributed by atoms with Crippen LogP contribution in [0.3, 0.4) is 0 Å². The van der Waals surface area contributed by atoms with Gasteiger partial charge in [0.1, 0.15) is 5.75 Å². The van der Waals surface area contributed by atoms with Gasteiger partial charge in [-0.05, 0) is 38.3 Å². The van der Waals surface area contributed by atoms with Crippen LogP contribution < -0.4 is 15.8 Å². The summed E-state index contributed by atoms with van der Waals surface area (Å²) in [6, 6.07) is 4.86. The first-order chi connectivity index (χ1) is 17.8. The lowest BCUT2D eigenvalue weighted by atomic mass is 9.78. The molecule has 1 amide bonds. The van der Waals surface area contributed by atoms with Crippen molar-refractivity contribution in [3.05, 3.63) is 35.4 Å². The van der Waals surface area contributed by atoms with E-state index in [1.165, 1.54) is 18.2 Å². The molecule has 1 saturated carbocycles. The normalized spacial score (nSPS) is 29.8. The fourth-order valence-electron chi connectivity index (χ4n) is 5.21. The lowest BCUT2D eigenvalue weighted by molar-refractivity contribution is -0.129. The van der Waals surface area contributed by atoms with Crippen molar-refractivity contribution in [2.24, 2.45) is 16.6 Å². The summed E-state index contributed by atoms with van der Waals surface area (Å²) in [6.07, 6.45) is 0.213. The van der Waals surface area contributed by atoms with Crippen LogP contribution in [0.2, 0.25) is 0 Å². The smallest absolute Gasteiger partial charge is 0.387 e. The first kappa shape index (κ1) is 28.3. The second-order valence-electron chi connectivity index (χ2n) is 10.3. The lowest BCUT2D eigenvalue weighted by Gasteiger charge is -2.35. The Labute approximate surface area is 218 Å². The molecular weight excluding hydrogens is 530 g/mol. The molecule has 0 radical (unpaired) electrons. The Bertz CT molecular complexity index is 1230. The van der Waals surface area contributed by atoms with Crippen LogP contribution in [0.15, 0.2) is 34.8 Å². The second kappa shape index (κ2) is 10.8. The van der Waals surface area contributed by atoms with Gasteiger partial charge in [0, 0.05) is 43.2 Å². The molecule has 13 heteroatoms. The highest BCUT2D eigenvalue weighted by Gasteiger charge is 2.49. The number of halogens is 4. The molecule has 3 aliphatic rings. The number of carbonyl (C=O) groups excluding carboxylic acids is 1. The van der Waals surface area contributed by atoms with Crippen molar-refractivity contribution in [3.63, 3.8) is 0 Å². The number of rotatable bonds is 6. The van der Waals surface area contributed by atoms with Gasteiger partial charge in [-0.3, -0.25) is 9.79 Å². The van der Waals surface area contributed by atoms with Crippen molar-refractivity contribution in [3.8, 4) is 5.75 Å². The van der Waals surface area contributed by atoms with Gasteiger partial charge in [-0.1, -0.05) is 12.1 Å². The van der Waals surface area contributed by atoms with Gasteiger partial charge in [0.15, 0.2) is 9.84 Å². The summed E-state index contributed by atoms with van der Waals surface area (Å²) in [5.41, 5.74) is 4.33. The van der Waals surface area contributed by atoms with Crippen molar-refractivity contribution in [2.75, 3.05) is 24.7 Å². The number of hydrogen-bond acceptors (Lipinski definition) is 7. The zero-order chi connectivity index (χ0) is 27.7. The average Bonchev–Trinajstić information content (AvgIpc) is 3.10. The van der Waals surface area contributed by atoms with E-state index < -0.39 is 51.7 Å². The van der Waals surface area contributed by atoms with Gasteiger partial charge in [0.05, 0.1) is 34.4 Å². The molecule has 0 bridgehead atoms. The lowest BCUT2D eigenvalue weighted by Crippen LogP contribution is -2.52. The van der Waals surface area contributed by atoms with E-state index in [2.05, 4.69) is 15.0 Å². The Morgan fingerprint density at radius 3 is 2.61 bits per heavy atom. The summed E-state index contributed by atoms with van der Waals surface area (Å²) in [4.78, 5) is 17.7. The van der Waals surface area contributed by atoms with E-state index in [-0.39, 0.29) is 53.1 Å². The molecule has 0 spiro atoms. The van der Waals surface area contributed by atoms with E-state index in [1.54, 1.807) is 6.92 Å². The number of nitrogens with one attached hydrogen (secondary N) is 1. The highest BCUT2D eigenvalue weighted by atomic mass is 32.2. The molecule has 2 saturated heterocycles. The third-order valence-electron chi connectivity index (χ3n) is 7.06. The van der Waals surface area contributed by atoms with Crippen molar-refractivity contribution in [1.82, 2.24) is 5.32 Å². The number of alkyl halides is 4. The van der Waals surface area contributed by atoms with Crippen LogP contribution in [-0.4, -0.2) is 68.9 Å². The first-order valence-electron chi connectivity index (χ1n) is 12.4. The highest BCUT2D eigenvalue weighted by Crippen LogP contribution is 2.43. The number of amides is 1. The maximum absolute atomic E-state index is 15.8. The molecule has 210 valence electrons. The summed E-state index contributed by atoms with van der Waals surface area (Å²) in [5.74, 6) is -6.00. The van der Waals surface area contributed by atoms with Gasteiger partial charge >= 0.3 is 6.61 Å². The standard InChI is InChI=1S/C25H31F4N3O5S/c1-24(7-10-38(34,35)14-24)32-22(33)16-12-19(31-17-5-8-36-9-6-17)20(25(28,29)13-16)21(30)15-3-2-4-18(11-15)37-23(26)27/h2-4,11,16-17,23H,5-10,12-14,30H2,1H3,(H,32,33)/t16-,24+/m1/s1. The number of ether oxygens (including phenoxy) is 2. The van der Waals surface area contributed by atoms with Crippen LogP contribution in [0.4, 0.5) is 17.6 Å². The van der Waals surface area contributed by atoms with Gasteiger partial charge in [-0.25, -0.2) is 17.2 Å². The number of allylic oxidation sites excluding steroid dienone is 1. The Morgan fingerprint density at radius 2 is 1.97 bits per heavy atom. The fraction of sp³-hybridized carbons (Fsp3) is 0.600. The second-order valence-corrected chi connectivity index (χ2v) is 12.5. The van der Waals surface area contributed by atoms with E-state index >= 15 is 8.78 Å². The Hall–Kier alpha value is -2.67. The maximum Gasteiger partial charge on any atom is 0.387 e. The molecular formula is C25H31F4N3O5S. The zero-order valence-electron chi connectivity index (χ0n) is 20.9. The molecule has 8 nitrogen and oxygen atoms in total. The van der Waals surface area contributed by atoms with E-state index in [9.17, 15) is 22.0 Å². The van der Waals surface area contributed by atoms with E-state index in [4.69, 9.17) is 10.5 Å². The van der Waals surface area contributed by atoms with Crippen LogP contribution in [0.5, 0.6) is 5.75 Å². The molecule has 1 aromatic rings. The van der Waals surface area contributed by atoms with Crippen LogP contribution >= 0.6 is 0 Å². The molecule has 4 rings (SSSR count). The molecule has 0 unspecified atom stereocenters. The molecule has 2 atom stereocenters. The van der Waals surface area contributed by atoms with Crippen molar-refractivity contribution in [2.45, 2.75) is 63.1 Å². The van der Waals surface area contributed by atoms with E-state index in [1.807, 2.05) is 0 Å². The number of sulfone groups is 1. The summed E-state index contributed by atoms with van der Waals surface area (Å²) in [6.45, 7) is -0.686. The molecule has 3 N–H and O–H groups in total. The maximum atomic E-state index is 15.8. The van der Waals surface area contributed by atoms with Crippen molar-refractivity contribution in [1.29, 1.82) is 0 Å². The number of benzene rings is 1. The van der Waals surface area contributed by atoms with Gasteiger partial charge < -0.3 is 20.5 Å². The summed E-state index contributed by atoms with van der Waals surface area (Å²) in [7, 11) is -3.32. The van der Waals surface area contributed by atoms with Crippen LogP contribution in [0.25, 0.3) is 5.70 Å². The van der Waals surface area contributed by atoms with Crippen LogP contribution in [0.1, 0.15) is 44.6 Å². The number of aliphatic imine (C=N–C) groups is 1. The predicted octanol–water partition coefficient (Wildman–Crippen LogP) is 3.32. The Morgan fingerprint density at radius 1 is 1.26 bits per heavy atom. The number of hydrogen-bond donors (Lipinski definition) is 2. The van der Waals surface area contributed by atoms with Crippen LogP contribution in [0, 0.1) is 5.92 Å². The van der Waals surface area contributed by atoms with E-state index in [0.717, 1.165) is 6.07 Å². The third kappa shape index (κ3) is 6.66. The summed E-state index contributed by atoms with van der Waals surface area (Å²) < 4.78 is 90.6. The highest BCUT2D eigenvalue weighted by molar-refractivity contribution is 7.91. The minimum atomic E-state index is -3.57. The largest absolute Gasteiger partial charge is 0.435 e. The number of nitrogens with zero attached hydrogens (tertiary/aromatic N) is 1. The molecule has 38 heavy (non-hydrogen) atoms. The average molecular weight is 562 g/mol. The molecule has 0 aromatic heterocycles. The quantitative estimate of drug-likeness (QED) is 0.515. The van der Waals surface area contributed by atoms with E-state index in [0.29, 0.717) is 26.1 Å². The van der Waals surface area contributed by atoms with Gasteiger partial charge in [-0.2, -0.15) is 8.78 Å². The topological polar surface area (TPSA) is 120 Å². The molecule has 2 aliphatic heterocycles. The van der Waals surface area contributed by atoms with Gasteiger partial charge in [0.2, 0.25) is 5.91 Å². The van der Waals surface area contributed by atoms with Gasteiger partial charge in [-0.15, -0.1) is 0 Å². The van der Waals surface area contributed by atoms with Crippen molar-refractivity contribution < 1.29 is 40.2 Å². The SMILES string of the molecule is C[C@]1(NC(=O)[C@@H]2CC(=NC3CCOCC3)C(=C(N)c3cccc(OC(F)F)c3)C(F)(F)C2)CCS(=O)(=O)C1. The molecule has 1 aromatic carbocycles. The van der Waals surface area contributed by atoms with Gasteiger partial charge in [0.25, 0.3) is 5.92 Å². The summed E-state index contributed by atoms with van der Waals surface area (Å²) >= 11 is 0. The number of nitrogens with two attached hydrogens (primary N) is 1. The van der Waals surface area contributed by atoms with Crippen molar-refractivity contribution >= 4 is 27.2 Å². The Balaban J connectivity index is 1.68. The third-order valence-corrected chi connectivity index (χ3v) is 8.97. The number of carbonyl (C=O) groups is 1. The predicted molar refractivity (Wildman–Crippen MR) is 133 cm³/mol. The molecule has 3 fully saturated rings. The monoisotopic (exact) mass is 561 g/mol. The minimum absolute atomic E-state index is 0.0322. The zero-order valence-corrected chi connectivity index (χ0v) is 21.7. The fourth-order valence-corrected chi connectivity index (χ4v) is 7.31. The minimum Gasteiger partial charge on any atom is -0.435 e. The molecule has 2 heterocycles. The summed E-state index contributed by atoms with van der Waals surface area (Å²) in [5, 5.41) is 2.68. The Kier molecular flexibility index (Phi) is 8.08. The van der Waals surface area contributed by atoms with Crippen LogP contribution in [-0.2, 0) is 19.4 Å². The first-order valence-corrected chi connectivity index (χ1v) is 14.2.